The second-order valence-corrected chi connectivity index (χ2v) is 6.37. The summed E-state index contributed by atoms with van der Waals surface area (Å²) in [7, 11) is 0. The number of nitro groups is 1. The highest BCUT2D eigenvalue weighted by atomic mass is 32.2. The van der Waals surface area contributed by atoms with Gasteiger partial charge in [-0.25, -0.2) is 0 Å². The SMILES string of the molecule is O=[N+]([O-])c1ccc(C=Nc2ccccc2SCc2ccccc2)cc1. The molecule has 0 amide bonds. The molecule has 0 fully saturated rings. The zero-order valence-electron chi connectivity index (χ0n) is 13.4. The predicted molar refractivity (Wildman–Crippen MR) is 103 cm³/mol. The lowest BCUT2D eigenvalue weighted by Gasteiger charge is -2.05. The summed E-state index contributed by atoms with van der Waals surface area (Å²) in [6, 6.07) is 24.6. The molecule has 3 rings (SSSR count). The number of non-ortho nitro benzene ring substituents is 1. The van der Waals surface area contributed by atoms with E-state index in [1.54, 1.807) is 30.1 Å². The third-order valence-electron chi connectivity index (χ3n) is 3.56. The second-order valence-electron chi connectivity index (χ2n) is 5.35. The quantitative estimate of drug-likeness (QED) is 0.251. The molecule has 0 aromatic heterocycles. The van der Waals surface area contributed by atoms with Crippen LogP contribution in [0, 0.1) is 10.1 Å². The molecule has 0 aliphatic rings. The van der Waals surface area contributed by atoms with Crippen molar-refractivity contribution >= 4 is 29.4 Å². The molecular weight excluding hydrogens is 332 g/mol. The Kier molecular flexibility index (Phi) is 5.59. The van der Waals surface area contributed by atoms with E-state index in [0.29, 0.717) is 0 Å². The summed E-state index contributed by atoms with van der Waals surface area (Å²) >= 11 is 1.74. The van der Waals surface area contributed by atoms with Crippen molar-refractivity contribution in [3.8, 4) is 0 Å². The molecule has 5 heteroatoms. The molecule has 4 nitrogen and oxygen atoms in total. The van der Waals surface area contributed by atoms with Crippen molar-refractivity contribution in [1.29, 1.82) is 0 Å². The first kappa shape index (κ1) is 16.9. The minimum atomic E-state index is -0.406. The van der Waals surface area contributed by atoms with Gasteiger partial charge in [-0.15, -0.1) is 11.8 Å². The van der Waals surface area contributed by atoms with Gasteiger partial charge in [0.25, 0.3) is 5.69 Å². The number of nitro benzene ring substituents is 1. The number of hydrogen-bond acceptors (Lipinski definition) is 4. The van der Waals surface area contributed by atoms with Gasteiger partial charge in [0.15, 0.2) is 0 Å². The smallest absolute Gasteiger partial charge is 0.258 e. The first-order valence-corrected chi connectivity index (χ1v) is 8.75. The summed E-state index contributed by atoms with van der Waals surface area (Å²) < 4.78 is 0. The van der Waals surface area contributed by atoms with E-state index in [4.69, 9.17) is 0 Å². The maximum absolute atomic E-state index is 10.7. The first-order chi connectivity index (χ1) is 12.2. The minimum absolute atomic E-state index is 0.0796. The van der Waals surface area contributed by atoms with E-state index in [1.807, 2.05) is 36.4 Å². The molecule has 0 atom stereocenters. The second kappa shape index (κ2) is 8.26. The van der Waals surface area contributed by atoms with Crippen LogP contribution in [0.4, 0.5) is 11.4 Å². The van der Waals surface area contributed by atoms with Crippen LogP contribution in [-0.4, -0.2) is 11.1 Å². The van der Waals surface area contributed by atoms with Crippen molar-refractivity contribution in [3.63, 3.8) is 0 Å². The van der Waals surface area contributed by atoms with Crippen molar-refractivity contribution in [1.82, 2.24) is 0 Å². The molecule has 0 aliphatic heterocycles. The Bertz CT molecular complexity index is 878. The number of nitrogens with zero attached hydrogens (tertiary/aromatic N) is 2. The number of hydrogen-bond donors (Lipinski definition) is 0. The van der Waals surface area contributed by atoms with Gasteiger partial charge >= 0.3 is 0 Å². The number of benzene rings is 3. The van der Waals surface area contributed by atoms with Crippen LogP contribution in [0.25, 0.3) is 0 Å². The highest BCUT2D eigenvalue weighted by molar-refractivity contribution is 7.98. The largest absolute Gasteiger partial charge is 0.269 e. The van der Waals surface area contributed by atoms with Gasteiger partial charge in [0.05, 0.1) is 10.6 Å². The number of rotatable bonds is 6. The lowest BCUT2D eigenvalue weighted by Crippen LogP contribution is -1.88. The average Bonchev–Trinajstić information content (AvgIpc) is 2.66. The Morgan fingerprint density at radius 1 is 0.920 bits per heavy atom. The average molecular weight is 348 g/mol. The highest BCUT2D eigenvalue weighted by Gasteiger charge is 2.04. The van der Waals surface area contributed by atoms with E-state index >= 15 is 0 Å². The number of aliphatic imine (C=N–C) groups is 1. The van der Waals surface area contributed by atoms with E-state index in [0.717, 1.165) is 21.9 Å². The van der Waals surface area contributed by atoms with E-state index in [9.17, 15) is 10.1 Å². The molecule has 0 aliphatic carbocycles. The summed E-state index contributed by atoms with van der Waals surface area (Å²) in [6.07, 6.45) is 1.73. The van der Waals surface area contributed by atoms with Gasteiger partial charge in [-0.2, -0.15) is 0 Å². The van der Waals surface area contributed by atoms with Crippen LogP contribution in [-0.2, 0) is 5.75 Å². The third kappa shape index (κ3) is 4.78. The van der Waals surface area contributed by atoms with Crippen molar-refractivity contribution in [2.45, 2.75) is 10.6 Å². The van der Waals surface area contributed by atoms with E-state index in [1.165, 1.54) is 17.7 Å². The standard InChI is InChI=1S/C20H16N2O2S/c23-22(24)18-12-10-16(11-13-18)14-21-19-8-4-5-9-20(19)25-15-17-6-2-1-3-7-17/h1-14H,15H2. The summed E-state index contributed by atoms with van der Waals surface area (Å²) in [5.41, 5.74) is 3.06. The first-order valence-electron chi connectivity index (χ1n) is 7.76. The number of para-hydroxylation sites is 1. The summed E-state index contributed by atoms with van der Waals surface area (Å²) in [6.45, 7) is 0. The van der Waals surface area contributed by atoms with Crippen molar-refractivity contribution in [2.75, 3.05) is 0 Å². The maximum Gasteiger partial charge on any atom is 0.269 e. The molecule has 0 radical (unpaired) electrons. The van der Waals surface area contributed by atoms with Crippen molar-refractivity contribution < 1.29 is 4.92 Å². The van der Waals surface area contributed by atoms with Crippen LogP contribution in [0.15, 0.2) is 88.8 Å². The van der Waals surface area contributed by atoms with Crippen LogP contribution in [0.3, 0.4) is 0 Å². The maximum atomic E-state index is 10.7. The van der Waals surface area contributed by atoms with Gasteiger partial charge in [0, 0.05) is 29.0 Å². The molecule has 0 heterocycles. The normalized spacial score (nSPS) is 10.9. The molecule has 25 heavy (non-hydrogen) atoms. The monoisotopic (exact) mass is 348 g/mol. The molecule has 3 aromatic carbocycles. The van der Waals surface area contributed by atoms with Crippen molar-refractivity contribution in [3.05, 3.63) is 100 Å². The Balaban J connectivity index is 1.73. The van der Waals surface area contributed by atoms with Crippen LogP contribution >= 0.6 is 11.8 Å². The number of thioether (sulfide) groups is 1. The van der Waals surface area contributed by atoms with Gasteiger partial charge in [0.1, 0.15) is 0 Å². The molecule has 0 saturated heterocycles. The summed E-state index contributed by atoms with van der Waals surface area (Å²) in [5.74, 6) is 0.880. The summed E-state index contributed by atoms with van der Waals surface area (Å²) in [4.78, 5) is 15.9. The molecule has 124 valence electrons. The Morgan fingerprint density at radius 3 is 2.32 bits per heavy atom. The third-order valence-corrected chi connectivity index (χ3v) is 4.69. The fourth-order valence-electron chi connectivity index (χ4n) is 2.25. The zero-order valence-corrected chi connectivity index (χ0v) is 14.2. The lowest BCUT2D eigenvalue weighted by atomic mass is 10.2. The zero-order chi connectivity index (χ0) is 17.5. The molecule has 0 spiro atoms. The highest BCUT2D eigenvalue weighted by Crippen LogP contribution is 2.31. The lowest BCUT2D eigenvalue weighted by molar-refractivity contribution is -0.384. The van der Waals surface area contributed by atoms with Crippen LogP contribution in [0.1, 0.15) is 11.1 Å². The Hall–Kier alpha value is -2.92. The van der Waals surface area contributed by atoms with Crippen molar-refractivity contribution in [2.24, 2.45) is 4.99 Å². The topological polar surface area (TPSA) is 55.5 Å². The molecule has 0 saturated carbocycles. The van der Waals surface area contributed by atoms with Crippen LogP contribution in [0.5, 0.6) is 0 Å². The van der Waals surface area contributed by atoms with Gasteiger partial charge in [-0.05, 0) is 35.4 Å². The van der Waals surface area contributed by atoms with Gasteiger partial charge in [-0.3, -0.25) is 15.1 Å². The van der Waals surface area contributed by atoms with Crippen LogP contribution in [0.2, 0.25) is 0 Å². The molecule has 0 N–H and O–H groups in total. The Labute approximate surface area is 150 Å². The summed E-state index contributed by atoms with van der Waals surface area (Å²) in [5, 5.41) is 10.7. The predicted octanol–water partition coefficient (Wildman–Crippen LogP) is 5.64. The Morgan fingerprint density at radius 2 is 1.60 bits per heavy atom. The van der Waals surface area contributed by atoms with Gasteiger partial charge in [-0.1, -0.05) is 42.5 Å². The van der Waals surface area contributed by atoms with Gasteiger partial charge in [0.2, 0.25) is 0 Å². The van der Waals surface area contributed by atoms with E-state index in [-0.39, 0.29) is 5.69 Å². The molecule has 0 unspecified atom stereocenters. The molecular formula is C20H16N2O2S. The fourth-order valence-corrected chi connectivity index (χ4v) is 3.21. The fraction of sp³-hybridized carbons (Fsp3) is 0.0500. The van der Waals surface area contributed by atoms with Crippen LogP contribution < -0.4 is 0 Å². The van der Waals surface area contributed by atoms with E-state index in [2.05, 4.69) is 23.2 Å². The minimum Gasteiger partial charge on any atom is -0.258 e. The van der Waals surface area contributed by atoms with Gasteiger partial charge < -0.3 is 0 Å². The molecule has 3 aromatic rings. The molecule has 0 bridgehead atoms. The van der Waals surface area contributed by atoms with E-state index < -0.39 is 4.92 Å².